The molecule has 2 rings (SSSR count). The maximum absolute atomic E-state index is 12.7. The van der Waals surface area contributed by atoms with Crippen molar-refractivity contribution in [3.8, 4) is 0 Å². The van der Waals surface area contributed by atoms with Crippen LogP contribution >= 0.6 is 0 Å². The Labute approximate surface area is 123 Å². The third kappa shape index (κ3) is 3.44. The van der Waals surface area contributed by atoms with E-state index in [-0.39, 0.29) is 31.1 Å². The fourth-order valence-corrected chi connectivity index (χ4v) is 2.88. The predicted molar refractivity (Wildman–Crippen MR) is 74.8 cm³/mol. The smallest absolute Gasteiger partial charge is 0.328 e. The number of nitrogens with zero attached hydrogens (tertiary/aromatic N) is 3. The van der Waals surface area contributed by atoms with Crippen LogP contribution < -0.4 is 5.32 Å². The van der Waals surface area contributed by atoms with E-state index in [0.29, 0.717) is 6.54 Å². The molecule has 0 saturated carbocycles. The lowest BCUT2D eigenvalue weighted by Gasteiger charge is -2.38. The van der Waals surface area contributed by atoms with Crippen LogP contribution in [-0.2, 0) is 9.59 Å². The van der Waals surface area contributed by atoms with E-state index in [2.05, 4.69) is 10.2 Å². The van der Waals surface area contributed by atoms with Gasteiger partial charge in [-0.25, -0.2) is 9.59 Å². The number of carboxylic acid groups (broad SMARTS) is 1. The SMILES string of the molecule is CC1CN(C)CCCN1C(=O)N1CC(=O)NCC1C(=O)O. The fourth-order valence-electron chi connectivity index (χ4n) is 2.88. The molecular formula is C13H22N4O4. The second-order valence-corrected chi connectivity index (χ2v) is 5.73. The van der Waals surface area contributed by atoms with Gasteiger partial charge < -0.3 is 20.2 Å². The van der Waals surface area contributed by atoms with Crippen LogP contribution in [0.1, 0.15) is 13.3 Å². The van der Waals surface area contributed by atoms with Crippen LogP contribution in [-0.4, -0.2) is 89.6 Å². The Kier molecular flexibility index (Phi) is 4.66. The molecule has 118 valence electrons. The summed E-state index contributed by atoms with van der Waals surface area (Å²) in [4.78, 5) is 40.5. The second-order valence-electron chi connectivity index (χ2n) is 5.73. The van der Waals surface area contributed by atoms with Crippen molar-refractivity contribution in [3.05, 3.63) is 0 Å². The van der Waals surface area contributed by atoms with Crippen LogP contribution in [0.25, 0.3) is 0 Å². The maximum Gasteiger partial charge on any atom is 0.328 e. The number of likely N-dealkylation sites (N-methyl/N-ethyl adjacent to an activating group) is 1. The fraction of sp³-hybridized carbons (Fsp3) is 0.769. The van der Waals surface area contributed by atoms with Gasteiger partial charge in [-0.3, -0.25) is 9.69 Å². The highest BCUT2D eigenvalue weighted by Gasteiger charge is 2.38. The minimum Gasteiger partial charge on any atom is -0.480 e. The summed E-state index contributed by atoms with van der Waals surface area (Å²) in [5.41, 5.74) is 0. The minimum absolute atomic E-state index is 0.00978. The number of rotatable bonds is 1. The number of aliphatic carboxylic acids is 1. The molecule has 0 bridgehead atoms. The van der Waals surface area contributed by atoms with Crippen LogP contribution in [0.3, 0.4) is 0 Å². The lowest BCUT2D eigenvalue weighted by atomic mass is 10.2. The first-order valence-electron chi connectivity index (χ1n) is 7.15. The van der Waals surface area contributed by atoms with E-state index in [4.69, 9.17) is 0 Å². The van der Waals surface area contributed by atoms with Gasteiger partial charge in [0, 0.05) is 25.7 Å². The van der Waals surface area contributed by atoms with Crippen LogP contribution in [0, 0.1) is 0 Å². The Balaban J connectivity index is 2.15. The Morgan fingerprint density at radius 1 is 1.29 bits per heavy atom. The van der Waals surface area contributed by atoms with Crippen molar-refractivity contribution < 1.29 is 19.5 Å². The van der Waals surface area contributed by atoms with Crippen molar-refractivity contribution in [2.24, 2.45) is 0 Å². The van der Waals surface area contributed by atoms with Gasteiger partial charge in [-0.05, 0) is 26.9 Å². The van der Waals surface area contributed by atoms with E-state index in [1.54, 1.807) is 4.90 Å². The van der Waals surface area contributed by atoms with Crippen molar-refractivity contribution >= 4 is 17.9 Å². The molecule has 0 aliphatic carbocycles. The van der Waals surface area contributed by atoms with E-state index in [1.807, 2.05) is 14.0 Å². The molecule has 2 unspecified atom stereocenters. The number of carbonyl (C=O) groups excluding carboxylic acids is 2. The molecule has 2 saturated heterocycles. The van der Waals surface area contributed by atoms with Crippen LogP contribution in [0.15, 0.2) is 0 Å². The molecule has 2 aliphatic rings. The molecule has 2 N–H and O–H groups in total. The van der Waals surface area contributed by atoms with Crippen molar-refractivity contribution in [1.82, 2.24) is 20.0 Å². The maximum atomic E-state index is 12.7. The molecule has 2 aliphatic heterocycles. The zero-order chi connectivity index (χ0) is 15.6. The quantitative estimate of drug-likeness (QED) is 0.649. The van der Waals surface area contributed by atoms with Gasteiger partial charge >= 0.3 is 12.0 Å². The molecule has 0 aromatic carbocycles. The van der Waals surface area contributed by atoms with Gasteiger partial charge in [0.15, 0.2) is 0 Å². The monoisotopic (exact) mass is 298 g/mol. The molecule has 2 fully saturated rings. The predicted octanol–water partition coefficient (Wildman–Crippen LogP) is -0.983. The van der Waals surface area contributed by atoms with Gasteiger partial charge in [-0.15, -0.1) is 0 Å². The van der Waals surface area contributed by atoms with Crippen LogP contribution in [0.5, 0.6) is 0 Å². The molecule has 21 heavy (non-hydrogen) atoms. The van der Waals surface area contributed by atoms with Gasteiger partial charge in [-0.2, -0.15) is 0 Å². The summed E-state index contributed by atoms with van der Waals surface area (Å²) in [7, 11) is 2.00. The zero-order valence-corrected chi connectivity index (χ0v) is 12.4. The molecular weight excluding hydrogens is 276 g/mol. The summed E-state index contributed by atoms with van der Waals surface area (Å²) < 4.78 is 0. The van der Waals surface area contributed by atoms with Gasteiger partial charge in [0.25, 0.3) is 0 Å². The highest BCUT2D eigenvalue weighted by molar-refractivity contribution is 5.90. The summed E-state index contributed by atoms with van der Waals surface area (Å²) >= 11 is 0. The standard InChI is InChI=1S/C13H22N4O4/c1-9-7-15(2)4-3-5-16(9)13(21)17-8-11(18)14-6-10(17)12(19)20/h9-10H,3-8H2,1-2H3,(H,14,18)(H,19,20). The summed E-state index contributed by atoms with van der Waals surface area (Å²) in [6, 6.07) is -1.37. The molecule has 0 spiro atoms. The largest absolute Gasteiger partial charge is 0.480 e. The molecule has 0 radical (unpaired) electrons. The first-order valence-corrected chi connectivity index (χ1v) is 7.15. The summed E-state index contributed by atoms with van der Waals surface area (Å²) in [6.07, 6.45) is 0.838. The Bertz CT molecular complexity index is 442. The zero-order valence-electron chi connectivity index (χ0n) is 12.4. The second kappa shape index (κ2) is 6.30. The molecule has 2 heterocycles. The average Bonchev–Trinajstić information content (AvgIpc) is 2.58. The molecule has 8 heteroatoms. The third-order valence-corrected chi connectivity index (χ3v) is 4.01. The van der Waals surface area contributed by atoms with Gasteiger partial charge in [0.1, 0.15) is 12.6 Å². The minimum atomic E-state index is -1.09. The van der Waals surface area contributed by atoms with E-state index < -0.39 is 12.0 Å². The molecule has 0 aromatic rings. The summed E-state index contributed by atoms with van der Waals surface area (Å²) in [5, 5.41) is 11.7. The average molecular weight is 298 g/mol. The first kappa shape index (κ1) is 15.6. The number of hydrogen-bond donors (Lipinski definition) is 2. The Hall–Kier alpha value is -1.83. The number of carbonyl (C=O) groups is 3. The van der Waals surface area contributed by atoms with Crippen LogP contribution in [0.2, 0.25) is 0 Å². The summed E-state index contributed by atoms with van der Waals surface area (Å²) in [6.45, 7) is 3.92. The van der Waals surface area contributed by atoms with E-state index in [1.165, 1.54) is 4.90 Å². The van der Waals surface area contributed by atoms with Gasteiger partial charge in [0.05, 0.1) is 0 Å². The lowest BCUT2D eigenvalue weighted by Crippen LogP contribution is -2.62. The van der Waals surface area contributed by atoms with Crippen molar-refractivity contribution in [2.75, 3.05) is 39.8 Å². The highest BCUT2D eigenvalue weighted by Crippen LogP contribution is 2.15. The number of piperazine rings is 1. The molecule has 8 nitrogen and oxygen atoms in total. The highest BCUT2D eigenvalue weighted by atomic mass is 16.4. The Morgan fingerprint density at radius 3 is 2.67 bits per heavy atom. The molecule has 3 amide bonds. The van der Waals surface area contributed by atoms with Crippen LogP contribution in [0.4, 0.5) is 4.79 Å². The van der Waals surface area contributed by atoms with Gasteiger partial charge in [-0.1, -0.05) is 0 Å². The van der Waals surface area contributed by atoms with Crippen molar-refractivity contribution in [2.45, 2.75) is 25.4 Å². The van der Waals surface area contributed by atoms with E-state index >= 15 is 0 Å². The molecule has 0 aromatic heterocycles. The van der Waals surface area contributed by atoms with E-state index in [0.717, 1.165) is 19.5 Å². The lowest BCUT2D eigenvalue weighted by molar-refractivity contribution is -0.144. The number of amides is 3. The van der Waals surface area contributed by atoms with E-state index in [9.17, 15) is 19.5 Å². The first-order chi connectivity index (χ1) is 9.90. The number of urea groups is 1. The van der Waals surface area contributed by atoms with Crippen molar-refractivity contribution in [1.29, 1.82) is 0 Å². The number of nitrogens with one attached hydrogen (secondary N) is 1. The topological polar surface area (TPSA) is 93.2 Å². The normalized spacial score (nSPS) is 28.0. The Morgan fingerprint density at radius 2 is 2.00 bits per heavy atom. The number of carboxylic acids is 1. The third-order valence-electron chi connectivity index (χ3n) is 4.01. The number of hydrogen-bond acceptors (Lipinski definition) is 4. The molecule has 2 atom stereocenters. The summed E-state index contributed by atoms with van der Waals surface area (Å²) in [5.74, 6) is -1.41. The van der Waals surface area contributed by atoms with Crippen molar-refractivity contribution in [3.63, 3.8) is 0 Å². The van der Waals surface area contributed by atoms with Gasteiger partial charge in [0.2, 0.25) is 5.91 Å².